The number of likely N-dealkylation sites (N-methyl/N-ethyl adjacent to an activating group) is 1. The molecule has 136 valence electrons. The lowest BCUT2D eigenvalue weighted by atomic mass is 10.1. The van der Waals surface area contributed by atoms with Crippen LogP contribution in [0.4, 0.5) is 5.69 Å². The Labute approximate surface area is 156 Å². The molecule has 2 saturated heterocycles. The summed E-state index contributed by atoms with van der Waals surface area (Å²) >= 11 is 0. The number of benzene rings is 1. The van der Waals surface area contributed by atoms with Crippen molar-refractivity contribution in [3.8, 4) is 0 Å². The average Bonchev–Trinajstić information content (AvgIpc) is 2.94. The Balaban J connectivity index is 1.34. The van der Waals surface area contributed by atoms with Gasteiger partial charge in [-0.3, -0.25) is 4.98 Å². The van der Waals surface area contributed by atoms with Gasteiger partial charge >= 0.3 is 0 Å². The second kappa shape index (κ2) is 8.02. The number of rotatable bonds is 6. The Hall–Kier alpha value is -2.17. The first-order valence-electron chi connectivity index (χ1n) is 9.51. The van der Waals surface area contributed by atoms with Crippen molar-refractivity contribution >= 4 is 11.8 Å². The van der Waals surface area contributed by atoms with E-state index in [2.05, 4.69) is 52.2 Å². The second-order valence-electron chi connectivity index (χ2n) is 7.36. The second-order valence-corrected chi connectivity index (χ2v) is 7.36. The van der Waals surface area contributed by atoms with E-state index in [1.165, 1.54) is 24.1 Å². The standard InChI is InChI=1S/C22H27N3O/c1-24-15-21-9-10-22(16-24)25(21)20-11-12-23-19(14-20)8-5-13-26-17-18-6-3-2-4-7-18/h2-8,11-12,14,21-22H,9-10,13,15-17H2,1H3/b8-5+. The number of ether oxygens (including phenoxy) is 1. The summed E-state index contributed by atoms with van der Waals surface area (Å²) in [6, 6.07) is 15.9. The molecule has 2 aliphatic rings. The SMILES string of the molecule is CN1CC2CCC(C1)N2c1ccnc(/C=C/COCc2ccccc2)c1. The smallest absolute Gasteiger partial charge is 0.0721 e. The summed E-state index contributed by atoms with van der Waals surface area (Å²) in [5.41, 5.74) is 3.51. The predicted molar refractivity (Wildman–Crippen MR) is 106 cm³/mol. The highest BCUT2D eigenvalue weighted by atomic mass is 16.5. The molecular formula is C22H27N3O. The van der Waals surface area contributed by atoms with Gasteiger partial charge in [-0.25, -0.2) is 0 Å². The lowest BCUT2D eigenvalue weighted by Gasteiger charge is -2.41. The third-order valence-corrected chi connectivity index (χ3v) is 5.34. The number of piperazine rings is 1. The monoisotopic (exact) mass is 349 g/mol. The molecule has 4 nitrogen and oxygen atoms in total. The number of hydrogen-bond acceptors (Lipinski definition) is 4. The maximum atomic E-state index is 5.71. The molecule has 2 bridgehead atoms. The summed E-state index contributed by atoms with van der Waals surface area (Å²) in [4.78, 5) is 9.58. The molecular weight excluding hydrogens is 322 g/mol. The van der Waals surface area contributed by atoms with Crippen LogP contribution < -0.4 is 4.90 Å². The third-order valence-electron chi connectivity index (χ3n) is 5.34. The Morgan fingerprint density at radius 2 is 1.88 bits per heavy atom. The molecule has 3 heterocycles. The van der Waals surface area contributed by atoms with Crippen molar-refractivity contribution in [2.75, 3.05) is 31.6 Å². The van der Waals surface area contributed by atoms with E-state index in [1.54, 1.807) is 0 Å². The van der Waals surface area contributed by atoms with Gasteiger partial charge < -0.3 is 14.5 Å². The lowest BCUT2D eigenvalue weighted by Crippen LogP contribution is -2.52. The van der Waals surface area contributed by atoms with Gasteiger partial charge in [0.1, 0.15) is 0 Å². The fraction of sp³-hybridized carbons (Fsp3) is 0.409. The number of anilines is 1. The largest absolute Gasteiger partial charge is 0.373 e. The summed E-state index contributed by atoms with van der Waals surface area (Å²) < 4.78 is 5.71. The Bertz CT molecular complexity index is 732. The van der Waals surface area contributed by atoms with Crippen LogP contribution in [0, 0.1) is 0 Å². The predicted octanol–water partition coefficient (Wildman–Crippen LogP) is 3.59. The molecule has 2 aliphatic heterocycles. The van der Waals surface area contributed by atoms with Crippen molar-refractivity contribution in [3.05, 3.63) is 66.0 Å². The Kier molecular flexibility index (Phi) is 5.32. The summed E-state index contributed by atoms with van der Waals surface area (Å²) in [7, 11) is 2.23. The van der Waals surface area contributed by atoms with Gasteiger partial charge in [0.2, 0.25) is 0 Å². The molecule has 26 heavy (non-hydrogen) atoms. The number of pyridine rings is 1. The van der Waals surface area contributed by atoms with E-state index in [1.807, 2.05) is 30.5 Å². The van der Waals surface area contributed by atoms with Gasteiger partial charge in [0.05, 0.1) is 18.9 Å². The summed E-state index contributed by atoms with van der Waals surface area (Å²) in [6.07, 6.45) is 8.64. The zero-order chi connectivity index (χ0) is 17.8. The highest BCUT2D eigenvalue weighted by Gasteiger charge is 2.38. The van der Waals surface area contributed by atoms with Crippen molar-refractivity contribution in [2.45, 2.75) is 31.5 Å². The minimum absolute atomic E-state index is 0.598. The topological polar surface area (TPSA) is 28.6 Å². The molecule has 4 rings (SSSR count). The molecule has 2 unspecified atom stereocenters. The molecule has 4 heteroatoms. The van der Waals surface area contributed by atoms with Crippen LogP contribution in [0.25, 0.3) is 6.08 Å². The molecule has 2 atom stereocenters. The summed E-state index contributed by atoms with van der Waals surface area (Å²) in [6.45, 7) is 3.57. The lowest BCUT2D eigenvalue weighted by molar-refractivity contribution is 0.149. The van der Waals surface area contributed by atoms with Gasteiger partial charge in [0, 0.05) is 37.1 Å². The van der Waals surface area contributed by atoms with Gasteiger partial charge in [-0.1, -0.05) is 36.4 Å². The fourth-order valence-electron chi connectivity index (χ4n) is 4.21. The normalized spacial score (nSPS) is 23.0. The molecule has 0 aliphatic carbocycles. The van der Waals surface area contributed by atoms with Crippen molar-refractivity contribution in [3.63, 3.8) is 0 Å². The molecule has 0 radical (unpaired) electrons. The average molecular weight is 349 g/mol. The van der Waals surface area contributed by atoms with E-state index in [4.69, 9.17) is 4.74 Å². The van der Waals surface area contributed by atoms with Crippen molar-refractivity contribution in [1.82, 2.24) is 9.88 Å². The number of hydrogen-bond donors (Lipinski definition) is 0. The van der Waals surface area contributed by atoms with E-state index in [0.29, 0.717) is 25.3 Å². The molecule has 1 aromatic heterocycles. The zero-order valence-electron chi connectivity index (χ0n) is 15.4. The van der Waals surface area contributed by atoms with Crippen molar-refractivity contribution < 1.29 is 4.74 Å². The molecule has 2 aromatic rings. The number of fused-ring (bicyclic) bond motifs is 2. The van der Waals surface area contributed by atoms with E-state index >= 15 is 0 Å². The molecule has 0 spiro atoms. The first-order valence-corrected chi connectivity index (χ1v) is 9.51. The quantitative estimate of drug-likeness (QED) is 0.745. The van der Waals surface area contributed by atoms with Crippen LogP contribution in [0.3, 0.4) is 0 Å². The molecule has 1 aromatic carbocycles. The molecule has 0 N–H and O–H groups in total. The Morgan fingerprint density at radius 1 is 1.12 bits per heavy atom. The van der Waals surface area contributed by atoms with Crippen LogP contribution in [-0.2, 0) is 11.3 Å². The van der Waals surface area contributed by atoms with Crippen LogP contribution >= 0.6 is 0 Å². The minimum atomic E-state index is 0.598. The van der Waals surface area contributed by atoms with Crippen LogP contribution in [0.5, 0.6) is 0 Å². The minimum Gasteiger partial charge on any atom is -0.373 e. The maximum absolute atomic E-state index is 5.71. The third kappa shape index (κ3) is 3.97. The first kappa shape index (κ1) is 17.3. The van der Waals surface area contributed by atoms with Crippen molar-refractivity contribution in [1.29, 1.82) is 0 Å². The van der Waals surface area contributed by atoms with Crippen LogP contribution in [-0.4, -0.2) is 48.7 Å². The highest BCUT2D eigenvalue weighted by molar-refractivity contribution is 5.57. The van der Waals surface area contributed by atoms with Crippen molar-refractivity contribution in [2.24, 2.45) is 0 Å². The maximum Gasteiger partial charge on any atom is 0.0721 e. The van der Waals surface area contributed by atoms with Crippen LogP contribution in [0.1, 0.15) is 24.1 Å². The van der Waals surface area contributed by atoms with Gasteiger partial charge in [-0.05, 0) is 43.7 Å². The van der Waals surface area contributed by atoms with E-state index in [-0.39, 0.29) is 0 Å². The van der Waals surface area contributed by atoms with Gasteiger partial charge in [-0.15, -0.1) is 0 Å². The van der Waals surface area contributed by atoms with Crippen LogP contribution in [0.2, 0.25) is 0 Å². The number of aromatic nitrogens is 1. The fourth-order valence-corrected chi connectivity index (χ4v) is 4.21. The van der Waals surface area contributed by atoms with Crippen LogP contribution in [0.15, 0.2) is 54.7 Å². The molecule has 2 fully saturated rings. The van der Waals surface area contributed by atoms with E-state index < -0.39 is 0 Å². The van der Waals surface area contributed by atoms with Gasteiger partial charge in [-0.2, -0.15) is 0 Å². The Morgan fingerprint density at radius 3 is 2.65 bits per heavy atom. The van der Waals surface area contributed by atoms with E-state index in [0.717, 1.165) is 18.8 Å². The molecule has 0 saturated carbocycles. The number of likely N-dealkylation sites (tertiary alicyclic amines) is 1. The zero-order valence-corrected chi connectivity index (χ0v) is 15.4. The molecule has 0 amide bonds. The summed E-state index contributed by atoms with van der Waals surface area (Å²) in [5.74, 6) is 0. The summed E-state index contributed by atoms with van der Waals surface area (Å²) in [5, 5.41) is 0. The number of nitrogens with zero attached hydrogens (tertiary/aromatic N) is 3. The highest BCUT2D eigenvalue weighted by Crippen LogP contribution is 2.34. The first-order chi connectivity index (χ1) is 12.8. The van der Waals surface area contributed by atoms with E-state index in [9.17, 15) is 0 Å². The van der Waals surface area contributed by atoms with Gasteiger partial charge in [0.15, 0.2) is 0 Å². The van der Waals surface area contributed by atoms with Gasteiger partial charge in [0.25, 0.3) is 0 Å².